The largest absolute Gasteiger partial charge is 0.505 e. The normalized spacial score (nSPS) is 21.3. The predicted molar refractivity (Wildman–Crippen MR) is 285 cm³/mol. The first-order valence-electron chi connectivity index (χ1n) is 24.7. The topological polar surface area (TPSA) is 164 Å². The number of H-pyrrole nitrogens is 1. The maximum Gasteiger partial charge on any atom is 0.432 e. The number of fused-ring (bicyclic) bond motifs is 6. The van der Waals surface area contributed by atoms with Crippen LogP contribution in [0.2, 0.25) is 0 Å². The SMILES string of the molecule is CC[C@H](C)C(C=NC(=O)OC)C(=O)N(Cc1nc2c(ccc3cc(-c4ccc5c(ccc6nc([C@@H]7CC(/C=C/OC)CN7C(=O)[C@H](NC(=O)C7CC7)c7ccccc7)n(I)c65)c4)ccc32)[nH]1)C1[C@@H](C)[C@H]1C. The Balaban J connectivity index is 0.934. The van der Waals surface area contributed by atoms with E-state index in [1.165, 1.54) is 13.3 Å². The van der Waals surface area contributed by atoms with E-state index in [9.17, 15) is 19.2 Å². The number of carbonyl (C=O) groups is 4. The van der Waals surface area contributed by atoms with Crippen molar-refractivity contribution in [3.05, 3.63) is 121 Å². The molecule has 2 saturated carbocycles. The van der Waals surface area contributed by atoms with Gasteiger partial charge in [0.15, 0.2) is 0 Å². The van der Waals surface area contributed by atoms with E-state index in [0.29, 0.717) is 37.2 Å². The molecular weight excluding hydrogens is 1010 g/mol. The fourth-order valence-corrected chi connectivity index (χ4v) is 11.5. The molecule has 10 rings (SSSR count). The lowest BCUT2D eigenvalue weighted by Gasteiger charge is -2.29. The van der Waals surface area contributed by atoms with Crippen LogP contribution in [0.5, 0.6) is 0 Å². The van der Waals surface area contributed by atoms with E-state index < -0.39 is 18.1 Å². The molecule has 0 radical (unpaired) electrons. The van der Waals surface area contributed by atoms with Crippen molar-refractivity contribution in [1.29, 1.82) is 0 Å². The fraction of sp³-hybridized carbons (Fsp3) is 0.375. The van der Waals surface area contributed by atoms with Gasteiger partial charge in [-0.1, -0.05) is 101 Å². The molecule has 7 aromatic rings. The third-order valence-corrected chi connectivity index (χ3v) is 16.2. The van der Waals surface area contributed by atoms with Gasteiger partial charge in [0.1, 0.15) is 17.7 Å². The van der Waals surface area contributed by atoms with Gasteiger partial charge >= 0.3 is 6.09 Å². The first-order chi connectivity index (χ1) is 34.4. The van der Waals surface area contributed by atoms with E-state index >= 15 is 0 Å². The quantitative estimate of drug-likeness (QED) is 0.0582. The molecular formula is C56H59IN8O6. The highest BCUT2D eigenvalue weighted by Crippen LogP contribution is 2.45. The first kappa shape index (κ1) is 48.0. The number of ether oxygens (including phenoxy) is 2. The molecule has 366 valence electrons. The van der Waals surface area contributed by atoms with Crippen molar-refractivity contribution in [2.75, 3.05) is 20.8 Å². The van der Waals surface area contributed by atoms with Gasteiger partial charge < -0.3 is 29.6 Å². The van der Waals surface area contributed by atoms with Gasteiger partial charge in [-0.05, 0) is 94.8 Å². The summed E-state index contributed by atoms with van der Waals surface area (Å²) >= 11 is 2.33. The number of likely N-dealkylation sites (tertiary alicyclic amines) is 1. The van der Waals surface area contributed by atoms with Crippen molar-refractivity contribution >= 4 is 96.5 Å². The van der Waals surface area contributed by atoms with Crippen molar-refractivity contribution in [3.63, 3.8) is 0 Å². The minimum absolute atomic E-state index is 0.0268. The molecule has 2 N–H and O–H groups in total. The highest BCUT2D eigenvalue weighted by Gasteiger charge is 2.50. The number of aromatic nitrogens is 4. The van der Waals surface area contributed by atoms with Crippen LogP contribution >= 0.6 is 22.9 Å². The van der Waals surface area contributed by atoms with Crippen LogP contribution in [0.15, 0.2) is 108 Å². The zero-order chi connectivity index (χ0) is 49.7. The van der Waals surface area contributed by atoms with Crippen LogP contribution in [0.4, 0.5) is 4.79 Å². The number of rotatable bonds is 15. The van der Waals surface area contributed by atoms with Crippen LogP contribution in [0, 0.1) is 35.5 Å². The molecule has 3 fully saturated rings. The summed E-state index contributed by atoms with van der Waals surface area (Å²) in [7, 11) is 2.90. The smallest absolute Gasteiger partial charge is 0.432 e. The Bertz CT molecular complexity index is 3240. The second-order valence-corrected chi connectivity index (χ2v) is 20.7. The summed E-state index contributed by atoms with van der Waals surface area (Å²) < 4.78 is 12.2. The highest BCUT2D eigenvalue weighted by molar-refractivity contribution is 14.1. The Morgan fingerprint density at radius 1 is 0.930 bits per heavy atom. The zero-order valence-corrected chi connectivity index (χ0v) is 43.0. The zero-order valence-electron chi connectivity index (χ0n) is 40.8. The van der Waals surface area contributed by atoms with Crippen LogP contribution in [0.25, 0.3) is 54.7 Å². The van der Waals surface area contributed by atoms with Gasteiger partial charge in [-0.2, -0.15) is 4.99 Å². The monoisotopic (exact) mass is 1070 g/mol. The van der Waals surface area contributed by atoms with E-state index in [0.717, 1.165) is 85.4 Å². The summed E-state index contributed by atoms with van der Waals surface area (Å²) in [4.78, 5) is 75.8. The van der Waals surface area contributed by atoms with Crippen molar-refractivity contribution < 1.29 is 28.7 Å². The number of nitrogens with zero attached hydrogens (tertiary/aromatic N) is 6. The number of hydrogen-bond acceptors (Lipinski definition) is 8. The minimum Gasteiger partial charge on any atom is -0.505 e. The average Bonchev–Trinajstić information content (AvgIpc) is 4.17. The number of aromatic amines is 1. The molecule has 8 atom stereocenters. The number of aliphatic imine (C=N–C) groups is 1. The molecule has 1 saturated heterocycles. The van der Waals surface area contributed by atoms with E-state index in [1.54, 1.807) is 13.4 Å². The van der Waals surface area contributed by atoms with E-state index in [2.05, 4.69) is 115 Å². The molecule has 3 heterocycles. The van der Waals surface area contributed by atoms with Gasteiger partial charge in [-0.3, -0.25) is 17.2 Å². The number of imidazole rings is 2. The molecule has 1 aliphatic heterocycles. The summed E-state index contributed by atoms with van der Waals surface area (Å²) in [6, 6.07) is 29.7. The number of nitrogens with one attached hydrogen (secondary N) is 2. The summed E-state index contributed by atoms with van der Waals surface area (Å²) in [5.41, 5.74) is 6.42. The summed E-state index contributed by atoms with van der Waals surface area (Å²) in [5, 5.41) is 7.26. The summed E-state index contributed by atoms with van der Waals surface area (Å²) in [5.74, 6) is 1.23. The number of benzene rings is 5. The average molecular weight is 1070 g/mol. The Labute approximate surface area is 426 Å². The third-order valence-electron chi connectivity index (χ3n) is 15.3. The van der Waals surface area contributed by atoms with Crippen molar-refractivity contribution in [2.45, 2.75) is 78.0 Å². The summed E-state index contributed by atoms with van der Waals surface area (Å²) in [6.07, 6.45) is 7.50. The fourth-order valence-electron chi connectivity index (χ4n) is 10.6. The molecule has 3 aliphatic rings. The van der Waals surface area contributed by atoms with E-state index in [1.807, 2.05) is 60.1 Å². The lowest BCUT2D eigenvalue weighted by Crippen LogP contribution is -2.43. The maximum atomic E-state index is 14.8. The van der Waals surface area contributed by atoms with Crippen LogP contribution in [0.3, 0.4) is 0 Å². The molecule has 4 amide bonds. The second-order valence-electron chi connectivity index (χ2n) is 19.7. The number of hydrogen-bond donors (Lipinski definition) is 2. The van der Waals surface area contributed by atoms with E-state index in [4.69, 9.17) is 19.4 Å². The van der Waals surface area contributed by atoms with Gasteiger partial charge in [0.05, 0.1) is 83.9 Å². The van der Waals surface area contributed by atoms with Crippen molar-refractivity contribution in [2.24, 2.45) is 40.5 Å². The van der Waals surface area contributed by atoms with E-state index in [-0.39, 0.29) is 47.6 Å². The minimum atomic E-state index is -0.815. The predicted octanol–water partition coefficient (Wildman–Crippen LogP) is 10.9. The van der Waals surface area contributed by atoms with Gasteiger partial charge in [-0.15, -0.1) is 0 Å². The molecule has 2 aliphatic carbocycles. The van der Waals surface area contributed by atoms with Gasteiger partial charge in [0.25, 0.3) is 0 Å². The molecule has 14 nitrogen and oxygen atoms in total. The lowest BCUT2D eigenvalue weighted by molar-refractivity contribution is -0.138. The molecule has 71 heavy (non-hydrogen) atoms. The molecule has 2 aromatic heterocycles. The Morgan fingerprint density at radius 2 is 1.63 bits per heavy atom. The van der Waals surface area contributed by atoms with Crippen molar-refractivity contribution in [1.82, 2.24) is 32.8 Å². The number of methoxy groups -OCH3 is 2. The van der Waals surface area contributed by atoms with Gasteiger partial charge in [-0.25, -0.2) is 14.8 Å². The van der Waals surface area contributed by atoms with Crippen molar-refractivity contribution in [3.8, 4) is 11.1 Å². The molecule has 0 spiro atoms. The molecule has 15 heteroatoms. The van der Waals surface area contributed by atoms with Crippen LogP contribution in [-0.4, -0.2) is 84.4 Å². The standard InChI is InChI=1S/C56H59IN8O6/c1-7-31(2)43(28-58-56(69)71-6)54(67)64(50-32(3)33(50)4)30-47-59-44-21-17-39-26-37(15-19-41(39)49(44)61-47)38-16-20-42-40(27-38)18-22-45-51(42)65(57)52(60-45)46-25-34(23-24-70-5)29-63(46)55(68)48(35-11-9-8-10-12-35)62-53(66)36-13-14-36/h8-12,15-24,26-28,31-34,36,43,46,48,50H,7,13-14,25,29-30H2,1-6H3,(H,59,61)(H,62,66)/b24-23+,58-28?/t31-,32-,33+,34?,43?,46-,48+,50?/m0/s1. The number of carbonyl (C=O) groups excluding carboxylic acids is 4. The van der Waals surface area contributed by atoms with Gasteiger partial charge in [0.2, 0.25) is 17.7 Å². The Morgan fingerprint density at radius 3 is 2.31 bits per heavy atom. The maximum absolute atomic E-state index is 14.8. The number of halogens is 1. The highest BCUT2D eigenvalue weighted by atomic mass is 127. The number of amides is 4. The second kappa shape index (κ2) is 19.9. The third kappa shape index (κ3) is 9.40. The summed E-state index contributed by atoms with van der Waals surface area (Å²) in [6.45, 7) is 9.15. The van der Waals surface area contributed by atoms with Crippen LogP contribution < -0.4 is 5.32 Å². The van der Waals surface area contributed by atoms with Crippen LogP contribution in [0.1, 0.15) is 82.7 Å². The Hall–Kier alpha value is -6.62. The molecule has 5 aromatic carbocycles. The van der Waals surface area contributed by atoms with Crippen LogP contribution in [-0.2, 0) is 30.4 Å². The lowest BCUT2D eigenvalue weighted by atomic mass is 9.91. The molecule has 0 bridgehead atoms. The Kier molecular flexibility index (Phi) is 13.4. The van der Waals surface area contributed by atoms with Gasteiger partial charge in [0, 0.05) is 41.4 Å². The molecule has 3 unspecified atom stereocenters. The first-order valence-corrected chi connectivity index (χ1v) is 25.6.